The third-order valence-corrected chi connectivity index (χ3v) is 6.40. The van der Waals surface area contributed by atoms with E-state index in [0.717, 1.165) is 22.9 Å². The van der Waals surface area contributed by atoms with E-state index in [1.165, 1.54) is 4.90 Å². The molecule has 214 valence electrons. The van der Waals surface area contributed by atoms with E-state index in [1.807, 2.05) is 18.8 Å². The molecule has 7 nitrogen and oxygen atoms in total. The number of nitrogens with zero attached hydrogens (tertiary/aromatic N) is 2. The molecule has 2 N–H and O–H groups in total. The number of rotatable bonds is 3. The minimum atomic E-state index is -1.26. The second-order valence-corrected chi connectivity index (χ2v) is 8.49. The molecule has 0 saturated heterocycles. The Morgan fingerprint density at radius 1 is 1.00 bits per heavy atom. The molecule has 1 unspecified atom stereocenters. The van der Waals surface area contributed by atoms with Crippen LogP contribution in [-0.4, -0.2) is 44.4 Å². The Kier molecular flexibility index (Phi) is 9.92. The monoisotopic (exact) mass is 677 g/mol. The van der Waals surface area contributed by atoms with Crippen LogP contribution in [0.2, 0.25) is 0 Å². The van der Waals surface area contributed by atoms with E-state index in [4.69, 9.17) is 0 Å². The fraction of sp³-hybridized carbons (Fsp3) is 0.296. The van der Waals surface area contributed by atoms with Crippen LogP contribution in [0.4, 0.5) is 22.0 Å². The summed E-state index contributed by atoms with van der Waals surface area (Å²) in [5.74, 6) is -8.76. The molecule has 1 aromatic heterocycles. The number of halogens is 6. The Morgan fingerprint density at radius 3 is 2.23 bits per heavy atom. The summed E-state index contributed by atoms with van der Waals surface area (Å²) in [6, 6.07) is 1.96. The maximum absolute atomic E-state index is 14.1. The highest BCUT2D eigenvalue weighted by Gasteiger charge is 2.39. The Balaban J connectivity index is 0.00000106. The van der Waals surface area contributed by atoms with Gasteiger partial charge in [0.25, 0.3) is 11.8 Å². The normalized spacial score (nSPS) is 15.0. The van der Waals surface area contributed by atoms with Crippen molar-refractivity contribution in [2.45, 2.75) is 32.9 Å². The first kappa shape index (κ1) is 31.0. The van der Waals surface area contributed by atoms with E-state index in [2.05, 4.69) is 27.9 Å². The van der Waals surface area contributed by atoms with Gasteiger partial charge in [-0.25, -0.2) is 22.0 Å². The summed E-state index contributed by atoms with van der Waals surface area (Å²) in [6.45, 7) is 3.37. The van der Waals surface area contributed by atoms with Crippen LogP contribution in [0.5, 0.6) is 5.75 Å². The molecule has 5 rings (SSSR count). The van der Waals surface area contributed by atoms with Crippen molar-refractivity contribution in [1.82, 2.24) is 14.8 Å². The Hall–Kier alpha value is -3.49. The van der Waals surface area contributed by atoms with Crippen LogP contribution in [0.3, 0.4) is 0 Å². The van der Waals surface area contributed by atoms with Crippen LogP contribution in [0.15, 0.2) is 35.3 Å². The topological polar surface area (TPSA) is 91.6 Å². The number of hydrogen-bond acceptors (Lipinski definition) is 4. The van der Waals surface area contributed by atoms with E-state index >= 15 is 0 Å². The molecule has 2 bridgehead atoms. The number of pyridine rings is 1. The van der Waals surface area contributed by atoms with Gasteiger partial charge in [0.2, 0.25) is 5.43 Å². The van der Waals surface area contributed by atoms with Crippen molar-refractivity contribution in [3.05, 3.63) is 97.7 Å². The minimum Gasteiger partial charge on any atom is -0.503 e. The van der Waals surface area contributed by atoms with Crippen LogP contribution < -0.4 is 10.7 Å². The Labute approximate surface area is 239 Å². The number of benzene rings is 2. The van der Waals surface area contributed by atoms with Gasteiger partial charge in [-0.05, 0) is 34.6 Å². The summed E-state index contributed by atoms with van der Waals surface area (Å²) in [7, 11) is 0. The number of aromatic nitrogens is 1. The number of carbonyl (C=O) groups excluding carboxylic acids is 2. The maximum Gasteiger partial charge on any atom is 0.274 e. The van der Waals surface area contributed by atoms with Gasteiger partial charge in [0.1, 0.15) is 23.0 Å². The number of amides is 2. The van der Waals surface area contributed by atoms with Crippen molar-refractivity contribution in [1.29, 1.82) is 0 Å². The molecule has 0 spiro atoms. The summed E-state index contributed by atoms with van der Waals surface area (Å²) in [4.78, 5) is 41.8. The third kappa shape index (κ3) is 5.69. The highest BCUT2D eigenvalue weighted by Crippen LogP contribution is 2.35. The molecule has 1 atom stereocenters. The fourth-order valence-corrected chi connectivity index (χ4v) is 4.60. The molecule has 3 heterocycles. The summed E-state index contributed by atoms with van der Waals surface area (Å²) >= 11 is 2.15. The summed E-state index contributed by atoms with van der Waals surface area (Å²) in [5.41, 5.74) is -2.25. The number of fused-ring (bicyclic) bond motifs is 6. The highest BCUT2D eigenvalue weighted by molar-refractivity contribution is 14.1. The highest BCUT2D eigenvalue weighted by atomic mass is 127. The van der Waals surface area contributed by atoms with Crippen LogP contribution in [0.25, 0.3) is 0 Å². The van der Waals surface area contributed by atoms with Gasteiger partial charge in [-0.3, -0.25) is 14.4 Å². The van der Waals surface area contributed by atoms with E-state index < -0.39 is 81.5 Å². The quantitative estimate of drug-likeness (QED) is 0.236. The van der Waals surface area contributed by atoms with E-state index in [1.54, 1.807) is 0 Å². The second kappa shape index (κ2) is 12.8. The molecule has 0 saturated carbocycles. The molecular formula is C27H25F5IN3O4. The molecule has 2 aliphatic heterocycles. The van der Waals surface area contributed by atoms with Crippen LogP contribution in [-0.2, 0) is 13.0 Å². The molecule has 2 aliphatic rings. The zero-order valence-electron chi connectivity index (χ0n) is 21.6. The zero-order chi connectivity index (χ0) is 29.9. The molecule has 2 aromatic carbocycles. The molecule has 0 fully saturated rings. The van der Waals surface area contributed by atoms with Gasteiger partial charge < -0.3 is 19.9 Å². The first-order valence-electron chi connectivity index (χ1n) is 12.1. The molecule has 2 amide bonds. The van der Waals surface area contributed by atoms with E-state index in [9.17, 15) is 41.4 Å². The van der Waals surface area contributed by atoms with Gasteiger partial charge >= 0.3 is 0 Å². The first-order chi connectivity index (χ1) is 19.1. The van der Waals surface area contributed by atoms with Crippen molar-refractivity contribution in [2.24, 2.45) is 0 Å². The molecular weight excluding hydrogens is 652 g/mol. The van der Waals surface area contributed by atoms with Crippen LogP contribution in [0, 0.1) is 29.1 Å². The van der Waals surface area contributed by atoms with Gasteiger partial charge in [0.15, 0.2) is 23.1 Å². The summed E-state index contributed by atoms with van der Waals surface area (Å²) < 4.78 is 70.1. The van der Waals surface area contributed by atoms with Gasteiger partial charge in [0.05, 0.1) is 6.04 Å². The standard InChI is InChI=1S/C24H16F5N3O4.C2H6.CH3I/c25-11-4-15(26)13(16(27)5-11)7-30-23(35)14-8-32-19-9-31(24(36)20(32)22(34)21(14)33)2-1-10-3-17(28)18(29)6-12(10)19;2*1-2/h3-6,8,19,34H,1-2,7,9H2,(H,30,35);1-2H3;1H3. The van der Waals surface area contributed by atoms with Gasteiger partial charge in [-0.15, -0.1) is 0 Å². The van der Waals surface area contributed by atoms with Crippen LogP contribution >= 0.6 is 22.6 Å². The van der Waals surface area contributed by atoms with Gasteiger partial charge in [-0.2, -0.15) is 0 Å². The van der Waals surface area contributed by atoms with Crippen molar-refractivity contribution in [2.75, 3.05) is 18.0 Å². The lowest BCUT2D eigenvalue weighted by molar-refractivity contribution is 0.0686. The summed E-state index contributed by atoms with van der Waals surface area (Å²) in [5, 5.41) is 12.7. The van der Waals surface area contributed by atoms with E-state index in [0.29, 0.717) is 23.3 Å². The van der Waals surface area contributed by atoms with Crippen molar-refractivity contribution >= 4 is 34.4 Å². The van der Waals surface area contributed by atoms with Crippen LogP contribution in [0.1, 0.15) is 57.4 Å². The Morgan fingerprint density at radius 2 is 1.60 bits per heavy atom. The Bertz CT molecular complexity index is 1510. The average Bonchev–Trinajstić information content (AvgIpc) is 3.08. The SMILES string of the molecule is CC.CI.O=C(NCc1c(F)cc(F)cc1F)c1cn2c(c(O)c1=O)C(=O)N1CCc3cc(F)c(F)cc3C2C1. The number of hydrogen-bond donors (Lipinski definition) is 2. The van der Waals surface area contributed by atoms with Crippen molar-refractivity contribution in [3.63, 3.8) is 0 Å². The maximum atomic E-state index is 14.1. The first-order valence-corrected chi connectivity index (χ1v) is 14.3. The zero-order valence-corrected chi connectivity index (χ0v) is 23.8. The molecule has 0 aliphatic carbocycles. The smallest absolute Gasteiger partial charge is 0.274 e. The number of carbonyl (C=O) groups is 2. The predicted molar refractivity (Wildman–Crippen MR) is 145 cm³/mol. The lowest BCUT2D eigenvalue weighted by Crippen LogP contribution is -2.45. The lowest BCUT2D eigenvalue weighted by atomic mass is 9.97. The van der Waals surface area contributed by atoms with Gasteiger partial charge in [0, 0.05) is 43.5 Å². The van der Waals surface area contributed by atoms with Crippen molar-refractivity contribution < 1.29 is 36.6 Å². The molecule has 3 aromatic rings. The molecule has 40 heavy (non-hydrogen) atoms. The summed E-state index contributed by atoms with van der Waals surface area (Å²) in [6.07, 6.45) is 1.18. The largest absolute Gasteiger partial charge is 0.503 e. The second-order valence-electron chi connectivity index (χ2n) is 8.49. The van der Waals surface area contributed by atoms with Crippen molar-refractivity contribution in [3.8, 4) is 5.75 Å². The third-order valence-electron chi connectivity index (χ3n) is 6.40. The predicted octanol–water partition coefficient (Wildman–Crippen LogP) is 4.86. The van der Waals surface area contributed by atoms with Gasteiger partial charge in [-0.1, -0.05) is 36.4 Å². The number of alkyl halides is 1. The number of aromatic hydroxyl groups is 1. The average molecular weight is 677 g/mol. The minimum absolute atomic E-state index is 0.000717. The fourth-order valence-electron chi connectivity index (χ4n) is 4.60. The molecule has 13 heteroatoms. The lowest BCUT2D eigenvalue weighted by Gasteiger charge is -2.35. The molecule has 0 radical (unpaired) electrons. The number of nitrogens with one attached hydrogen (secondary N) is 1. The van der Waals surface area contributed by atoms with E-state index in [-0.39, 0.29) is 19.5 Å².